The summed E-state index contributed by atoms with van der Waals surface area (Å²) in [6, 6.07) is 6.86. The Hall–Kier alpha value is -0.190. The Morgan fingerprint density at radius 3 is 3.11 bits per heavy atom. The van der Waals surface area contributed by atoms with E-state index in [1.54, 1.807) is 0 Å². The number of fused-ring (bicyclic) bond motifs is 1. The van der Waals surface area contributed by atoms with E-state index in [4.69, 9.17) is 4.74 Å². The van der Waals surface area contributed by atoms with Crippen molar-refractivity contribution in [3.05, 3.63) is 28.2 Å². The van der Waals surface area contributed by atoms with Crippen molar-refractivity contribution in [2.75, 3.05) is 18.1 Å². The normalized spacial score (nSPS) is 29.9. The fraction of sp³-hybridized carbons (Fsp3) is 0.600. The van der Waals surface area contributed by atoms with Crippen LogP contribution in [0.25, 0.3) is 0 Å². The van der Waals surface area contributed by atoms with Gasteiger partial charge in [-0.3, -0.25) is 0 Å². The van der Waals surface area contributed by atoms with Crippen LogP contribution < -0.4 is 10.1 Å². The van der Waals surface area contributed by atoms with E-state index in [1.165, 1.54) is 23.5 Å². The molecule has 0 bridgehead atoms. The summed E-state index contributed by atoms with van der Waals surface area (Å²) in [4.78, 5) is 0. The van der Waals surface area contributed by atoms with Gasteiger partial charge in [0, 0.05) is 28.4 Å². The quantitative estimate of drug-likeness (QED) is 0.897. The van der Waals surface area contributed by atoms with Crippen LogP contribution in [0.1, 0.15) is 31.4 Å². The lowest BCUT2D eigenvalue weighted by Gasteiger charge is -2.35. The lowest BCUT2D eigenvalue weighted by atomic mass is 9.89. The Balaban J connectivity index is 1.86. The monoisotopic (exact) mass is 341 g/mol. The molecule has 0 spiro atoms. The van der Waals surface area contributed by atoms with Crippen molar-refractivity contribution in [1.29, 1.82) is 0 Å². The average Bonchev–Trinajstić information content (AvgIpc) is 2.92. The molecule has 0 saturated carbocycles. The molecule has 0 amide bonds. The molecular weight excluding hydrogens is 322 g/mol. The van der Waals surface area contributed by atoms with Gasteiger partial charge in [-0.05, 0) is 36.6 Å². The molecule has 1 fully saturated rings. The molecule has 1 saturated heterocycles. The van der Waals surface area contributed by atoms with Crippen LogP contribution in [0.3, 0.4) is 0 Å². The van der Waals surface area contributed by atoms with E-state index in [0.29, 0.717) is 12.1 Å². The van der Waals surface area contributed by atoms with Crippen molar-refractivity contribution in [1.82, 2.24) is 5.32 Å². The first-order valence-electron chi connectivity index (χ1n) is 7.05. The fourth-order valence-electron chi connectivity index (χ4n) is 3.04. The van der Waals surface area contributed by atoms with Crippen molar-refractivity contribution in [3.8, 4) is 5.75 Å². The number of benzene rings is 1. The highest BCUT2D eigenvalue weighted by Gasteiger charge is 2.34. The lowest BCUT2D eigenvalue weighted by Crippen LogP contribution is -2.37. The standard InChI is InChI=1S/C15H20BrNOS/c1-2-17-13-8-14(10-5-6-19-9-10)18-15-7-11(16)3-4-12(13)15/h3-4,7,10,13-14,17H,2,5-6,8-9H2,1H3. The number of ether oxygens (including phenoxy) is 1. The van der Waals surface area contributed by atoms with E-state index in [0.717, 1.165) is 29.1 Å². The maximum Gasteiger partial charge on any atom is 0.125 e. The molecule has 3 atom stereocenters. The van der Waals surface area contributed by atoms with Crippen LogP contribution in [-0.2, 0) is 0 Å². The summed E-state index contributed by atoms with van der Waals surface area (Å²) in [7, 11) is 0. The van der Waals surface area contributed by atoms with Gasteiger partial charge < -0.3 is 10.1 Å². The third kappa shape index (κ3) is 2.96. The SMILES string of the molecule is CCNC1CC(C2CCSC2)Oc2cc(Br)ccc21. The predicted octanol–water partition coefficient (Wildman–Crippen LogP) is 4.00. The first-order valence-corrected chi connectivity index (χ1v) is 9.00. The zero-order chi connectivity index (χ0) is 13.2. The molecule has 0 radical (unpaired) electrons. The maximum atomic E-state index is 6.29. The molecule has 2 heterocycles. The summed E-state index contributed by atoms with van der Waals surface area (Å²) in [6.45, 7) is 3.18. The van der Waals surface area contributed by atoms with Gasteiger partial charge in [0.2, 0.25) is 0 Å². The summed E-state index contributed by atoms with van der Waals surface area (Å²) < 4.78 is 7.39. The highest BCUT2D eigenvalue weighted by Crippen LogP contribution is 2.41. The number of hydrogen-bond acceptors (Lipinski definition) is 3. The van der Waals surface area contributed by atoms with Crippen LogP contribution in [0.15, 0.2) is 22.7 Å². The van der Waals surface area contributed by atoms with Gasteiger partial charge in [0.1, 0.15) is 11.9 Å². The molecule has 19 heavy (non-hydrogen) atoms. The Labute approximate surface area is 127 Å². The lowest BCUT2D eigenvalue weighted by molar-refractivity contribution is 0.103. The summed E-state index contributed by atoms with van der Waals surface area (Å²) >= 11 is 5.61. The highest BCUT2D eigenvalue weighted by atomic mass is 79.9. The van der Waals surface area contributed by atoms with Gasteiger partial charge in [-0.15, -0.1) is 0 Å². The minimum absolute atomic E-state index is 0.376. The van der Waals surface area contributed by atoms with E-state index < -0.39 is 0 Å². The molecule has 1 aromatic rings. The van der Waals surface area contributed by atoms with E-state index in [2.05, 4.69) is 58.1 Å². The van der Waals surface area contributed by atoms with Gasteiger partial charge in [0.25, 0.3) is 0 Å². The largest absolute Gasteiger partial charge is 0.490 e. The molecule has 2 nitrogen and oxygen atoms in total. The third-order valence-electron chi connectivity index (χ3n) is 4.04. The first kappa shape index (κ1) is 13.8. The minimum atomic E-state index is 0.376. The summed E-state index contributed by atoms with van der Waals surface area (Å²) in [6.07, 6.45) is 2.78. The average molecular weight is 342 g/mol. The fourth-order valence-corrected chi connectivity index (χ4v) is 4.70. The van der Waals surface area contributed by atoms with Gasteiger partial charge in [0.05, 0.1) is 0 Å². The van der Waals surface area contributed by atoms with Crippen molar-refractivity contribution < 1.29 is 4.74 Å². The first-order chi connectivity index (χ1) is 9.28. The van der Waals surface area contributed by atoms with E-state index in [-0.39, 0.29) is 0 Å². The van der Waals surface area contributed by atoms with Crippen LogP contribution in [0.5, 0.6) is 5.75 Å². The van der Waals surface area contributed by atoms with Crippen LogP contribution in [0, 0.1) is 5.92 Å². The molecule has 0 aromatic heterocycles. The van der Waals surface area contributed by atoms with E-state index in [9.17, 15) is 0 Å². The van der Waals surface area contributed by atoms with Crippen molar-refractivity contribution >= 4 is 27.7 Å². The van der Waals surface area contributed by atoms with Gasteiger partial charge >= 0.3 is 0 Å². The molecule has 2 aliphatic rings. The van der Waals surface area contributed by atoms with Gasteiger partial charge in [-0.1, -0.05) is 28.9 Å². The maximum absolute atomic E-state index is 6.29. The topological polar surface area (TPSA) is 21.3 Å². The summed E-state index contributed by atoms with van der Waals surface area (Å²) in [5.41, 5.74) is 1.31. The number of rotatable bonds is 3. The Kier molecular flexibility index (Phi) is 4.40. The molecule has 0 aliphatic carbocycles. The van der Waals surface area contributed by atoms with E-state index in [1.807, 2.05) is 0 Å². The summed E-state index contributed by atoms with van der Waals surface area (Å²) in [5, 5.41) is 3.61. The van der Waals surface area contributed by atoms with Crippen LogP contribution in [0.4, 0.5) is 0 Å². The van der Waals surface area contributed by atoms with Crippen LogP contribution in [-0.4, -0.2) is 24.2 Å². The predicted molar refractivity (Wildman–Crippen MR) is 85.0 cm³/mol. The third-order valence-corrected chi connectivity index (χ3v) is 5.72. The van der Waals surface area contributed by atoms with Gasteiger partial charge in [-0.2, -0.15) is 11.8 Å². The number of thioether (sulfide) groups is 1. The number of nitrogens with one attached hydrogen (secondary N) is 1. The van der Waals surface area contributed by atoms with Crippen molar-refractivity contribution in [2.24, 2.45) is 5.92 Å². The number of halogens is 1. The van der Waals surface area contributed by atoms with Crippen molar-refractivity contribution in [2.45, 2.75) is 31.9 Å². The number of hydrogen-bond donors (Lipinski definition) is 1. The second kappa shape index (κ2) is 6.06. The zero-order valence-corrected chi connectivity index (χ0v) is 13.6. The summed E-state index contributed by atoms with van der Waals surface area (Å²) in [5.74, 6) is 4.33. The highest BCUT2D eigenvalue weighted by molar-refractivity contribution is 9.10. The molecule has 2 aliphatic heterocycles. The molecule has 4 heteroatoms. The second-order valence-electron chi connectivity index (χ2n) is 5.31. The Bertz CT molecular complexity index is 448. The van der Waals surface area contributed by atoms with Crippen molar-refractivity contribution in [3.63, 3.8) is 0 Å². The van der Waals surface area contributed by atoms with Crippen LogP contribution >= 0.6 is 27.7 Å². The van der Waals surface area contributed by atoms with E-state index >= 15 is 0 Å². The van der Waals surface area contributed by atoms with Gasteiger partial charge in [-0.25, -0.2) is 0 Å². The zero-order valence-electron chi connectivity index (χ0n) is 11.2. The molecular formula is C15H20BrNOS. The molecule has 104 valence electrons. The Morgan fingerprint density at radius 2 is 2.37 bits per heavy atom. The van der Waals surface area contributed by atoms with Crippen LogP contribution in [0.2, 0.25) is 0 Å². The smallest absolute Gasteiger partial charge is 0.125 e. The Morgan fingerprint density at radius 1 is 1.47 bits per heavy atom. The minimum Gasteiger partial charge on any atom is -0.490 e. The molecule has 3 rings (SSSR count). The molecule has 1 aromatic carbocycles. The molecule has 3 unspecified atom stereocenters. The van der Waals surface area contributed by atoms with Gasteiger partial charge in [0.15, 0.2) is 0 Å². The molecule has 1 N–H and O–H groups in total. The second-order valence-corrected chi connectivity index (χ2v) is 7.37.